The van der Waals surface area contributed by atoms with E-state index in [0.29, 0.717) is 104 Å². The van der Waals surface area contributed by atoms with Crippen molar-refractivity contribution in [3.63, 3.8) is 0 Å². The zero-order valence-electron chi connectivity index (χ0n) is 72.2. The third-order valence-corrected chi connectivity index (χ3v) is 17.6. The van der Waals surface area contributed by atoms with Crippen LogP contribution in [0.3, 0.4) is 0 Å². The lowest BCUT2D eigenvalue weighted by atomic mass is 9.98. The first kappa shape index (κ1) is 104. The molecule has 8 amide bonds. The van der Waals surface area contributed by atoms with Crippen LogP contribution in [-0.4, -0.2) is 237 Å². The zero-order chi connectivity index (χ0) is 83.4. The number of ether oxygens (including phenoxy) is 6. The van der Waals surface area contributed by atoms with Crippen molar-refractivity contribution in [2.75, 3.05) is 85.1 Å². The molecule has 27 nitrogen and oxygen atoms in total. The van der Waals surface area contributed by atoms with Gasteiger partial charge in [0.15, 0.2) is 6.10 Å². The highest BCUT2D eigenvalue weighted by Gasteiger charge is 2.35. The lowest BCUT2D eigenvalue weighted by molar-refractivity contribution is -0.148. The Bertz CT molecular complexity index is 2380. The molecule has 0 saturated heterocycles. The molecular formula is C83H160N8O19. The largest absolute Gasteiger partial charge is 0.444 e. The van der Waals surface area contributed by atoms with E-state index in [2.05, 4.69) is 21.3 Å². The molecule has 0 aliphatic heterocycles. The summed E-state index contributed by atoms with van der Waals surface area (Å²) in [6.45, 7) is 35.5. The summed E-state index contributed by atoms with van der Waals surface area (Å²) < 4.78 is 34.5. The van der Waals surface area contributed by atoms with Crippen molar-refractivity contribution in [2.24, 2.45) is 5.92 Å². The van der Waals surface area contributed by atoms with Crippen LogP contribution in [0, 0.1) is 5.92 Å². The molecule has 0 rings (SSSR count). The molecule has 0 aromatic carbocycles. The van der Waals surface area contributed by atoms with Crippen LogP contribution in [0.15, 0.2) is 0 Å². The zero-order valence-corrected chi connectivity index (χ0v) is 72.2. The second kappa shape index (κ2) is 57.4. The summed E-state index contributed by atoms with van der Waals surface area (Å²) in [4.78, 5) is 112. The van der Waals surface area contributed by atoms with E-state index in [1.165, 1.54) is 89.9 Å². The number of hydrogen-bond donors (Lipinski definition) is 9. The summed E-state index contributed by atoms with van der Waals surface area (Å²) in [5, 5.41) is 59.0. The van der Waals surface area contributed by atoms with Crippen molar-refractivity contribution >= 4 is 48.4 Å². The van der Waals surface area contributed by atoms with Gasteiger partial charge in [-0.2, -0.15) is 0 Å². The lowest BCUT2D eigenvalue weighted by Gasteiger charge is -2.34. The molecule has 0 fully saturated rings. The minimum atomic E-state index is -1.90. The Morgan fingerprint density at radius 2 is 0.564 bits per heavy atom. The SMILES string of the molecule is CC(C)(C)OC(=O)NCCCN(CCCCN(CC(CCCCCCNC(=O)CCCCCCCCCCCCCCCCCCCCCCCNC(=O)[C@@H](O)[C@H](O)[C@@H](O)[C@H](O)CO)CN(CCCCN(CCCNC(=O)OC(C)(C)C)C(=O)OC(C)(C)C)C(=O)OC(C)(C)C)C(=O)OC(C)(C)C)C(=O)OC(C)(C)C. The van der Waals surface area contributed by atoms with Gasteiger partial charge in [0.05, 0.1) is 6.61 Å². The van der Waals surface area contributed by atoms with Gasteiger partial charge in [-0.05, 0) is 195 Å². The van der Waals surface area contributed by atoms with Crippen molar-refractivity contribution in [2.45, 2.75) is 395 Å². The molecule has 0 aromatic rings. The van der Waals surface area contributed by atoms with Crippen LogP contribution in [0.2, 0.25) is 0 Å². The maximum absolute atomic E-state index is 14.3. The molecular weight excluding hydrogens is 1410 g/mol. The molecule has 27 heteroatoms. The fourth-order valence-electron chi connectivity index (χ4n) is 12.0. The van der Waals surface area contributed by atoms with Crippen molar-refractivity contribution in [1.29, 1.82) is 0 Å². The second-order valence-corrected chi connectivity index (χ2v) is 35.8. The van der Waals surface area contributed by atoms with Crippen molar-refractivity contribution < 1.29 is 92.3 Å². The van der Waals surface area contributed by atoms with Gasteiger partial charge in [-0.25, -0.2) is 28.8 Å². The van der Waals surface area contributed by atoms with Gasteiger partial charge in [-0.1, -0.05) is 141 Å². The predicted molar refractivity (Wildman–Crippen MR) is 433 cm³/mol. The van der Waals surface area contributed by atoms with Crippen LogP contribution in [0.1, 0.15) is 337 Å². The maximum Gasteiger partial charge on any atom is 0.410 e. The molecule has 0 saturated carbocycles. The Morgan fingerprint density at radius 3 is 0.882 bits per heavy atom. The van der Waals surface area contributed by atoms with Gasteiger partial charge < -0.3 is 94.8 Å². The number of amides is 8. The van der Waals surface area contributed by atoms with Crippen molar-refractivity contribution in [3.05, 3.63) is 0 Å². The smallest absolute Gasteiger partial charge is 0.410 e. The van der Waals surface area contributed by atoms with E-state index in [9.17, 15) is 58.8 Å². The van der Waals surface area contributed by atoms with E-state index in [1.54, 1.807) is 103 Å². The second-order valence-electron chi connectivity index (χ2n) is 35.8. The minimum Gasteiger partial charge on any atom is -0.444 e. The number of carbonyl (C=O) groups is 8. The van der Waals surface area contributed by atoms with E-state index in [4.69, 9.17) is 33.5 Å². The molecule has 0 unspecified atom stereocenters. The molecule has 110 heavy (non-hydrogen) atoms. The van der Waals surface area contributed by atoms with Gasteiger partial charge >= 0.3 is 36.6 Å². The fourth-order valence-corrected chi connectivity index (χ4v) is 12.0. The first-order chi connectivity index (χ1) is 51.3. The maximum atomic E-state index is 14.3. The van der Waals surface area contributed by atoms with Crippen LogP contribution in [0.4, 0.5) is 28.8 Å². The number of aliphatic hydroxyl groups is 5. The molecule has 4 atom stereocenters. The van der Waals surface area contributed by atoms with E-state index < -0.39 is 107 Å². The molecule has 0 bridgehead atoms. The molecule has 646 valence electrons. The standard InChI is InChI=1S/C83H160N8O19/c1-78(2,3)105-72(99)86-54-48-60-88(74(101)107-80(7,8)9)56-44-46-58-90(76(103)109-82(13,14)15)62-65(63-91(77(104)110-83(16,17)18)59-47-45-57-89(75(102)108-81(10,11)12)61-49-55-87-73(100)106-79(4,5)6)50-40-37-39-42-52-84-67(94)51-41-36-34-32-30-28-26-24-22-20-19-21-23-25-27-29-31-33-35-38-43-53-85-71(98)70(97)69(96)68(95)66(93)64-92/h65-66,68-70,92-93,95-97H,19-64H2,1-18H3,(H,84,94)(H,85,98)(H,86,99)(H,87,100)/t66-,68+,69-,70+/m1/s1. The third kappa shape index (κ3) is 60.9. The van der Waals surface area contributed by atoms with E-state index >= 15 is 0 Å². The third-order valence-electron chi connectivity index (χ3n) is 17.6. The van der Waals surface area contributed by atoms with Crippen LogP contribution < -0.4 is 21.3 Å². The average molecular weight is 1570 g/mol. The Kier molecular flexibility index (Phi) is 54.5. The number of aliphatic hydroxyl groups excluding tert-OH is 5. The molecule has 9 N–H and O–H groups in total. The molecule has 0 aliphatic carbocycles. The normalized spacial score (nSPS) is 13.3. The van der Waals surface area contributed by atoms with Crippen LogP contribution in [-0.2, 0) is 38.0 Å². The molecule has 0 aliphatic rings. The van der Waals surface area contributed by atoms with Gasteiger partial charge in [0.25, 0.3) is 5.91 Å². The fraction of sp³-hybridized carbons (Fsp3) is 0.904. The summed E-state index contributed by atoms with van der Waals surface area (Å²) in [5.41, 5.74) is -4.44. The summed E-state index contributed by atoms with van der Waals surface area (Å²) >= 11 is 0. The van der Waals surface area contributed by atoms with Crippen LogP contribution in [0.5, 0.6) is 0 Å². The van der Waals surface area contributed by atoms with E-state index in [-0.39, 0.29) is 38.0 Å². The number of nitrogens with one attached hydrogen (secondary N) is 4. The minimum absolute atomic E-state index is 0.0787. The van der Waals surface area contributed by atoms with Crippen molar-refractivity contribution in [1.82, 2.24) is 40.9 Å². The van der Waals surface area contributed by atoms with Crippen LogP contribution >= 0.6 is 0 Å². The molecule has 0 aromatic heterocycles. The summed E-state index contributed by atoms with van der Waals surface area (Å²) in [5.74, 6) is -0.975. The highest BCUT2D eigenvalue weighted by Crippen LogP contribution is 2.23. The number of carbonyl (C=O) groups excluding carboxylic acids is 8. The number of alkyl carbamates (subject to hydrolysis) is 2. The Labute approximate surface area is 664 Å². The Hall–Kier alpha value is -5.64. The quantitative estimate of drug-likeness (QED) is 0.0202. The summed E-state index contributed by atoms with van der Waals surface area (Å²) in [6, 6.07) is 0. The average Bonchev–Trinajstić information content (AvgIpc) is 0.869. The van der Waals surface area contributed by atoms with Gasteiger partial charge in [0.1, 0.15) is 51.9 Å². The van der Waals surface area contributed by atoms with Gasteiger partial charge in [0.2, 0.25) is 5.91 Å². The summed E-state index contributed by atoms with van der Waals surface area (Å²) in [6.07, 6.45) is 21.7. The Morgan fingerprint density at radius 1 is 0.300 bits per heavy atom. The monoisotopic (exact) mass is 1570 g/mol. The van der Waals surface area contributed by atoms with E-state index in [0.717, 1.165) is 70.6 Å². The van der Waals surface area contributed by atoms with Gasteiger partial charge in [-0.15, -0.1) is 0 Å². The predicted octanol–water partition coefficient (Wildman–Crippen LogP) is 15.1. The molecule has 0 heterocycles. The first-order valence-electron chi connectivity index (χ1n) is 42.0. The highest BCUT2D eigenvalue weighted by atomic mass is 16.6. The van der Waals surface area contributed by atoms with Crippen molar-refractivity contribution in [3.8, 4) is 0 Å². The molecule has 0 radical (unpaired) electrons. The summed E-state index contributed by atoms with van der Waals surface area (Å²) in [7, 11) is 0. The molecule has 0 spiro atoms. The topological polar surface area (TPSA) is 354 Å². The van der Waals surface area contributed by atoms with Gasteiger partial charge in [-0.3, -0.25) is 9.59 Å². The van der Waals surface area contributed by atoms with E-state index in [1.807, 2.05) is 41.5 Å². The first-order valence-corrected chi connectivity index (χ1v) is 42.0. The number of nitrogens with zero attached hydrogens (tertiary/aromatic N) is 4. The highest BCUT2D eigenvalue weighted by molar-refractivity contribution is 5.81. The van der Waals surface area contributed by atoms with Crippen LogP contribution in [0.25, 0.3) is 0 Å². The lowest BCUT2D eigenvalue weighted by Crippen LogP contribution is -2.51. The van der Waals surface area contributed by atoms with Gasteiger partial charge in [0, 0.05) is 85.0 Å². The number of rotatable bonds is 58. The number of hydrogen-bond acceptors (Lipinski definition) is 19. The number of unbranched alkanes of at least 4 members (excludes halogenated alkanes) is 25. The Balaban J connectivity index is 5.61.